The minimum Gasteiger partial charge on any atom is -0.453 e. The zero-order chi connectivity index (χ0) is 38.6. The molecule has 3 N–H and O–H groups in total. The number of carbonyl (C=O) groups is 2. The van der Waals surface area contributed by atoms with Crippen LogP contribution >= 0.6 is 0 Å². The van der Waals surface area contributed by atoms with Crippen LogP contribution < -0.4 is 5.82 Å². The lowest BCUT2D eigenvalue weighted by molar-refractivity contribution is -0.497. The van der Waals surface area contributed by atoms with Crippen LogP contribution in [0.5, 0.6) is 0 Å². The van der Waals surface area contributed by atoms with Gasteiger partial charge in [0.1, 0.15) is 17.1 Å². The Morgan fingerprint density at radius 2 is 1.65 bits per heavy atom. The van der Waals surface area contributed by atoms with E-state index < -0.39 is 28.7 Å². The molecule has 0 aliphatic heterocycles. The number of imidazole rings is 1. The molecule has 0 bridgehead atoms. The topological polar surface area (TPSA) is 221 Å². The van der Waals surface area contributed by atoms with Crippen molar-refractivity contribution in [2.45, 2.75) is 65.9 Å². The molecule has 0 saturated heterocycles. The molecule has 0 amide bonds. The van der Waals surface area contributed by atoms with Gasteiger partial charge in [0.25, 0.3) is 5.91 Å². The molecule has 17 nitrogen and oxygen atoms in total. The summed E-state index contributed by atoms with van der Waals surface area (Å²) < 4.78 is 17.1. The molecule has 6 aromatic rings. The summed E-state index contributed by atoms with van der Waals surface area (Å²) in [5, 5.41) is 41.0. The largest absolute Gasteiger partial charge is 0.519 e. The van der Waals surface area contributed by atoms with Gasteiger partial charge in [0, 0.05) is 24.1 Å². The summed E-state index contributed by atoms with van der Waals surface area (Å²) in [6.07, 6.45) is 1.25. The van der Waals surface area contributed by atoms with E-state index in [0.717, 1.165) is 27.9 Å². The van der Waals surface area contributed by atoms with Gasteiger partial charge in [-0.1, -0.05) is 78.5 Å². The van der Waals surface area contributed by atoms with Gasteiger partial charge in [-0.3, -0.25) is 15.2 Å². The Morgan fingerprint density at radius 1 is 0.944 bits per heavy atom. The fourth-order valence-corrected chi connectivity index (χ4v) is 5.82. The quantitative estimate of drug-likeness (QED) is 0.100. The number of benzene rings is 3. The van der Waals surface area contributed by atoms with Crippen molar-refractivity contribution in [1.82, 2.24) is 35.1 Å². The molecule has 3 heterocycles. The molecule has 0 saturated carbocycles. The molecule has 0 fully saturated rings. The Balaban J connectivity index is 1.27. The molecule has 0 atom stereocenters. The van der Waals surface area contributed by atoms with Crippen LogP contribution in [0.25, 0.3) is 22.5 Å². The van der Waals surface area contributed by atoms with E-state index in [0.29, 0.717) is 23.4 Å². The minimum absolute atomic E-state index is 0.0755. The molecule has 280 valence electrons. The van der Waals surface area contributed by atoms with E-state index in [-0.39, 0.29) is 54.1 Å². The molecule has 0 radical (unpaired) electrons. The Bertz CT molecular complexity index is 2330. The number of tetrazole rings is 1. The van der Waals surface area contributed by atoms with Crippen molar-refractivity contribution in [2.75, 3.05) is 0 Å². The molecule has 6 rings (SSSR count). The number of hydrogen-bond donors (Lipinski definition) is 3. The zero-order valence-corrected chi connectivity index (χ0v) is 29.8. The van der Waals surface area contributed by atoms with Gasteiger partial charge in [-0.2, -0.15) is 0 Å². The number of ether oxygens (including phenoxy) is 1. The van der Waals surface area contributed by atoms with Gasteiger partial charge in [-0.15, -0.1) is 10.2 Å². The van der Waals surface area contributed by atoms with E-state index in [4.69, 9.17) is 24.0 Å². The first-order chi connectivity index (χ1) is 25.8. The van der Waals surface area contributed by atoms with Gasteiger partial charge in [0.15, 0.2) is 23.8 Å². The zero-order valence-electron chi connectivity index (χ0n) is 29.8. The van der Waals surface area contributed by atoms with Crippen molar-refractivity contribution in [3.05, 3.63) is 129 Å². The molecule has 0 aliphatic carbocycles. The maximum Gasteiger partial charge on any atom is 0.519 e. The number of rotatable bonds is 14. The standard InChI is InChI=1S/C37H37N7O10/c1-5-10-30-38-32(37(3,4)48)31(35(46)51-21-29-22(2)53-36(47)54-29)42(30)19-23-15-17-24(18-16-23)26-12-8-9-14-28(26)33-39-41-43(40-33)34(45)27-13-7-6-11-25(27)20-52-44(49)50/h6-9,11-18,48-50H,5,10,19-21H2,1-4H3. The summed E-state index contributed by atoms with van der Waals surface area (Å²) in [5.41, 5.74) is 2.31. The minimum atomic E-state index is -1.48. The first-order valence-electron chi connectivity index (χ1n) is 16.8. The number of carbonyl (C=O) groups excluding carboxylic acids is 2. The average molecular weight is 740 g/mol. The summed E-state index contributed by atoms with van der Waals surface area (Å²) >= 11 is 0. The van der Waals surface area contributed by atoms with Crippen LogP contribution in [0.1, 0.15) is 82.2 Å². The van der Waals surface area contributed by atoms with Crippen molar-refractivity contribution in [3.8, 4) is 22.5 Å². The highest BCUT2D eigenvalue weighted by Gasteiger charge is 2.33. The third kappa shape index (κ3) is 8.25. The van der Waals surface area contributed by atoms with Crippen molar-refractivity contribution >= 4 is 11.9 Å². The van der Waals surface area contributed by atoms with Gasteiger partial charge >= 0.3 is 11.8 Å². The normalized spacial score (nSPS) is 11.7. The van der Waals surface area contributed by atoms with Crippen LogP contribution in [0.2, 0.25) is 0 Å². The van der Waals surface area contributed by atoms with Crippen LogP contribution in [0, 0.1) is 6.92 Å². The highest BCUT2D eigenvalue weighted by atomic mass is 17.1. The molecule has 0 spiro atoms. The van der Waals surface area contributed by atoms with Crippen LogP contribution in [-0.2, 0) is 41.4 Å². The van der Waals surface area contributed by atoms with E-state index in [2.05, 4.69) is 25.2 Å². The first-order valence-corrected chi connectivity index (χ1v) is 16.8. The first kappa shape index (κ1) is 37.6. The number of esters is 1. The van der Waals surface area contributed by atoms with Crippen molar-refractivity contribution in [2.24, 2.45) is 0 Å². The lowest BCUT2D eigenvalue weighted by atomic mass is 9.98. The lowest BCUT2D eigenvalue weighted by Crippen LogP contribution is -2.23. The van der Waals surface area contributed by atoms with Gasteiger partial charge in [0.2, 0.25) is 5.82 Å². The van der Waals surface area contributed by atoms with Crippen molar-refractivity contribution < 1.29 is 43.5 Å². The summed E-state index contributed by atoms with van der Waals surface area (Å²) in [6, 6.07) is 21.4. The van der Waals surface area contributed by atoms with Gasteiger partial charge in [-0.25, -0.2) is 19.4 Å². The highest BCUT2D eigenvalue weighted by Crippen LogP contribution is 2.31. The third-order valence-electron chi connectivity index (χ3n) is 8.42. The third-order valence-corrected chi connectivity index (χ3v) is 8.42. The Hall–Kier alpha value is -6.11. The number of nitrogens with zero attached hydrogens (tertiary/aromatic N) is 7. The van der Waals surface area contributed by atoms with Crippen LogP contribution in [0.15, 0.2) is 86.4 Å². The van der Waals surface area contributed by atoms with E-state index in [9.17, 15) is 19.5 Å². The predicted molar refractivity (Wildman–Crippen MR) is 187 cm³/mol. The summed E-state index contributed by atoms with van der Waals surface area (Å²) in [7, 11) is 0. The van der Waals surface area contributed by atoms with E-state index in [1.54, 1.807) is 36.6 Å². The number of aromatic nitrogens is 6. The Kier molecular flexibility index (Phi) is 11.1. The average Bonchev–Trinajstić information content (AvgIpc) is 3.87. The molecule has 17 heteroatoms. The second kappa shape index (κ2) is 15.9. The van der Waals surface area contributed by atoms with Gasteiger partial charge in [-0.05, 0) is 60.7 Å². The van der Waals surface area contributed by atoms with E-state index in [1.165, 1.54) is 13.0 Å². The van der Waals surface area contributed by atoms with Crippen LogP contribution in [-0.4, -0.2) is 62.5 Å². The maximum absolute atomic E-state index is 13.6. The second-order valence-electron chi connectivity index (χ2n) is 12.8. The van der Waals surface area contributed by atoms with E-state index in [1.807, 2.05) is 55.5 Å². The SMILES string of the molecule is CCCc1nc(C(C)(C)O)c(C(=O)OCc2oc(=O)oc2C)n1Cc1ccc(-c2ccccc2-c2nnn(C(=O)c3ccccc3CON(O)O)n2)cc1. The van der Waals surface area contributed by atoms with Crippen molar-refractivity contribution in [3.63, 3.8) is 0 Å². The van der Waals surface area contributed by atoms with Gasteiger partial charge < -0.3 is 23.2 Å². The molecular formula is C37H37N7O10. The number of aliphatic hydroxyl groups is 1. The molecule has 3 aromatic heterocycles. The molecule has 3 aromatic carbocycles. The smallest absolute Gasteiger partial charge is 0.453 e. The Labute approximate surface area is 307 Å². The van der Waals surface area contributed by atoms with Crippen molar-refractivity contribution in [1.29, 1.82) is 0 Å². The highest BCUT2D eigenvalue weighted by molar-refractivity contribution is 5.96. The van der Waals surface area contributed by atoms with Crippen LogP contribution in [0.3, 0.4) is 0 Å². The second-order valence-corrected chi connectivity index (χ2v) is 12.8. The summed E-state index contributed by atoms with van der Waals surface area (Å²) in [5.74, 6) is -1.20. The number of hydrogen-bond acceptors (Lipinski definition) is 15. The summed E-state index contributed by atoms with van der Waals surface area (Å²) in [6.45, 7) is 6.17. The molecule has 54 heavy (non-hydrogen) atoms. The van der Waals surface area contributed by atoms with E-state index >= 15 is 0 Å². The maximum atomic E-state index is 13.6. The molecule has 0 aliphatic rings. The predicted octanol–water partition coefficient (Wildman–Crippen LogP) is 4.84. The molecular weight excluding hydrogens is 702 g/mol. The lowest BCUT2D eigenvalue weighted by Gasteiger charge is -2.17. The van der Waals surface area contributed by atoms with Crippen LogP contribution in [0.4, 0.5) is 0 Å². The summed E-state index contributed by atoms with van der Waals surface area (Å²) in [4.78, 5) is 48.7. The Morgan fingerprint density at radius 3 is 2.31 bits per heavy atom. The molecule has 0 unspecified atom stereocenters. The monoisotopic (exact) mass is 739 g/mol. The van der Waals surface area contributed by atoms with Gasteiger partial charge in [0.05, 0.1) is 12.0 Å². The fraction of sp³-hybridized carbons (Fsp3) is 0.270. The number of aryl methyl sites for hydroxylation is 2. The fourth-order valence-electron chi connectivity index (χ4n) is 5.82.